The fraction of sp³-hybridized carbons (Fsp3) is 0.290. The van der Waals surface area contributed by atoms with Gasteiger partial charge in [0.15, 0.2) is 6.29 Å². The number of aldehydes is 1. The predicted molar refractivity (Wildman–Crippen MR) is 161 cm³/mol. The normalized spacial score (nSPS) is 18.4. The van der Waals surface area contributed by atoms with Gasteiger partial charge in [0.2, 0.25) is 11.9 Å². The number of fused-ring (bicyclic) bond motifs is 2. The molecule has 2 saturated heterocycles. The largest absolute Gasteiger partial charge is 0.494 e. The number of aromatic nitrogens is 3. The first kappa shape index (κ1) is 26.5. The van der Waals surface area contributed by atoms with Gasteiger partial charge in [-0.1, -0.05) is 24.8 Å². The van der Waals surface area contributed by atoms with Gasteiger partial charge < -0.3 is 29.7 Å². The standard InChI is InChI=1S/C31H33N7O3/c1-5-29(40)33-24-10-25(28(41-4)11-27(24)38-15-20-13-36(2)14-21(20)16-38)34-31-32-12-19(18-39)30(35-31)23-17-37(3)26-9-7-6-8-22(23)26/h5-12,17-18,20-21H,1,13-16H2,2-4H3,(H,33,40)(H,32,34,35). The number of carbonyl (C=O) groups is 2. The number of rotatable bonds is 8. The summed E-state index contributed by atoms with van der Waals surface area (Å²) >= 11 is 0. The number of nitrogens with zero attached hydrogens (tertiary/aromatic N) is 5. The fourth-order valence-electron chi connectivity index (χ4n) is 6.21. The lowest BCUT2D eigenvalue weighted by atomic mass is 10.0. The second kappa shape index (κ2) is 10.7. The molecule has 10 heteroatoms. The Morgan fingerprint density at radius 3 is 2.56 bits per heavy atom. The van der Waals surface area contributed by atoms with Crippen LogP contribution >= 0.6 is 0 Å². The molecule has 41 heavy (non-hydrogen) atoms. The molecule has 2 aromatic heterocycles. The summed E-state index contributed by atoms with van der Waals surface area (Å²) in [6.45, 7) is 7.58. The lowest BCUT2D eigenvalue weighted by molar-refractivity contribution is -0.111. The summed E-state index contributed by atoms with van der Waals surface area (Å²) in [5.41, 5.74) is 4.90. The number of nitrogens with one attached hydrogen (secondary N) is 2. The Kier molecular flexibility index (Phi) is 6.92. The van der Waals surface area contributed by atoms with Crippen LogP contribution in [-0.4, -0.2) is 72.0 Å². The van der Waals surface area contributed by atoms with Crippen LogP contribution in [0.4, 0.5) is 23.0 Å². The Bertz CT molecular complexity index is 1650. The summed E-state index contributed by atoms with van der Waals surface area (Å²) in [5, 5.41) is 7.22. The highest BCUT2D eigenvalue weighted by Gasteiger charge is 2.39. The Hall–Kier alpha value is -4.70. The van der Waals surface area contributed by atoms with Gasteiger partial charge >= 0.3 is 0 Å². The van der Waals surface area contributed by atoms with Crippen molar-refractivity contribution < 1.29 is 14.3 Å². The van der Waals surface area contributed by atoms with Crippen molar-refractivity contribution in [3.05, 3.63) is 67.0 Å². The van der Waals surface area contributed by atoms with Gasteiger partial charge in [-0.15, -0.1) is 0 Å². The molecule has 2 aliphatic rings. The van der Waals surface area contributed by atoms with Crippen molar-refractivity contribution in [1.82, 2.24) is 19.4 Å². The van der Waals surface area contributed by atoms with E-state index in [-0.39, 0.29) is 5.91 Å². The van der Waals surface area contributed by atoms with E-state index in [1.165, 1.54) is 12.3 Å². The molecule has 210 valence electrons. The second-order valence-corrected chi connectivity index (χ2v) is 10.8. The molecule has 10 nitrogen and oxygen atoms in total. The van der Waals surface area contributed by atoms with E-state index in [0.717, 1.165) is 54.6 Å². The maximum absolute atomic E-state index is 12.4. The van der Waals surface area contributed by atoms with E-state index in [1.807, 2.05) is 54.2 Å². The second-order valence-electron chi connectivity index (χ2n) is 10.8. The molecular weight excluding hydrogens is 518 g/mol. The number of hydrogen-bond acceptors (Lipinski definition) is 8. The maximum atomic E-state index is 12.4. The molecule has 4 aromatic rings. The smallest absolute Gasteiger partial charge is 0.247 e. The number of ether oxygens (including phenoxy) is 1. The summed E-state index contributed by atoms with van der Waals surface area (Å²) in [6.07, 6.45) is 5.50. The Morgan fingerprint density at radius 2 is 1.85 bits per heavy atom. The van der Waals surface area contributed by atoms with Gasteiger partial charge in [-0.2, -0.15) is 0 Å². The van der Waals surface area contributed by atoms with Gasteiger partial charge in [0.25, 0.3) is 0 Å². The number of amides is 1. The van der Waals surface area contributed by atoms with Gasteiger partial charge in [-0.25, -0.2) is 9.97 Å². The molecule has 2 atom stereocenters. The van der Waals surface area contributed by atoms with Crippen molar-refractivity contribution in [3.8, 4) is 17.0 Å². The zero-order chi connectivity index (χ0) is 28.7. The Morgan fingerprint density at radius 1 is 1.10 bits per heavy atom. The molecule has 2 aromatic carbocycles. The zero-order valence-corrected chi connectivity index (χ0v) is 23.4. The topological polar surface area (TPSA) is 105 Å². The highest BCUT2D eigenvalue weighted by Crippen LogP contribution is 2.42. The van der Waals surface area contributed by atoms with E-state index in [1.54, 1.807) is 7.11 Å². The van der Waals surface area contributed by atoms with Crippen LogP contribution in [0.1, 0.15) is 10.4 Å². The van der Waals surface area contributed by atoms with Gasteiger partial charge in [0.05, 0.1) is 35.4 Å². The summed E-state index contributed by atoms with van der Waals surface area (Å²) in [5.74, 6) is 1.75. The number of anilines is 4. The van der Waals surface area contributed by atoms with Crippen molar-refractivity contribution >= 4 is 46.1 Å². The molecule has 0 saturated carbocycles. The third-order valence-corrected chi connectivity index (χ3v) is 8.11. The number of benzene rings is 2. The predicted octanol–water partition coefficient (Wildman–Crippen LogP) is 4.32. The Balaban J connectivity index is 1.38. The SMILES string of the molecule is C=CC(=O)Nc1cc(Nc2ncc(C=O)c(-c3cn(C)c4ccccc34)n2)c(OC)cc1N1CC2CN(C)CC2C1. The van der Waals surface area contributed by atoms with E-state index in [4.69, 9.17) is 9.72 Å². The first-order valence-corrected chi connectivity index (χ1v) is 13.6. The van der Waals surface area contributed by atoms with Crippen molar-refractivity contribution in [2.75, 3.05) is 55.9 Å². The summed E-state index contributed by atoms with van der Waals surface area (Å²) in [4.78, 5) is 38.3. The lowest BCUT2D eigenvalue weighted by Gasteiger charge is -2.26. The zero-order valence-electron chi connectivity index (χ0n) is 23.4. The number of carbonyl (C=O) groups excluding carboxylic acids is 2. The van der Waals surface area contributed by atoms with Crippen LogP contribution in [0.2, 0.25) is 0 Å². The first-order chi connectivity index (χ1) is 19.9. The van der Waals surface area contributed by atoms with Gasteiger partial charge in [0.1, 0.15) is 5.75 Å². The summed E-state index contributed by atoms with van der Waals surface area (Å²) in [6, 6.07) is 11.8. The van der Waals surface area contributed by atoms with Crippen LogP contribution < -0.4 is 20.3 Å². The van der Waals surface area contributed by atoms with E-state index in [0.29, 0.717) is 46.2 Å². The van der Waals surface area contributed by atoms with Crippen LogP contribution in [0.3, 0.4) is 0 Å². The van der Waals surface area contributed by atoms with E-state index in [9.17, 15) is 9.59 Å². The number of hydrogen-bond donors (Lipinski definition) is 2. The lowest BCUT2D eigenvalue weighted by Crippen LogP contribution is -2.27. The van der Waals surface area contributed by atoms with E-state index < -0.39 is 0 Å². The molecule has 0 spiro atoms. The molecule has 0 radical (unpaired) electrons. The van der Waals surface area contributed by atoms with Crippen LogP contribution in [-0.2, 0) is 11.8 Å². The van der Waals surface area contributed by atoms with E-state index >= 15 is 0 Å². The number of para-hydroxylation sites is 1. The molecule has 1 amide bonds. The molecule has 2 fully saturated rings. The minimum Gasteiger partial charge on any atom is -0.494 e. The fourth-order valence-corrected chi connectivity index (χ4v) is 6.21. The Labute approximate surface area is 238 Å². The van der Waals surface area contributed by atoms with Gasteiger partial charge in [0, 0.05) is 68.2 Å². The number of likely N-dealkylation sites (tertiary alicyclic amines) is 1. The first-order valence-electron chi connectivity index (χ1n) is 13.6. The van der Waals surface area contributed by atoms with Crippen molar-refractivity contribution in [2.24, 2.45) is 18.9 Å². The third kappa shape index (κ3) is 4.91. The summed E-state index contributed by atoms with van der Waals surface area (Å²) < 4.78 is 7.80. The van der Waals surface area contributed by atoms with Crippen LogP contribution in [0.5, 0.6) is 5.75 Å². The van der Waals surface area contributed by atoms with Crippen molar-refractivity contribution in [1.29, 1.82) is 0 Å². The van der Waals surface area contributed by atoms with Crippen LogP contribution in [0.25, 0.3) is 22.2 Å². The summed E-state index contributed by atoms with van der Waals surface area (Å²) in [7, 11) is 5.74. The third-order valence-electron chi connectivity index (χ3n) is 8.11. The average Bonchev–Trinajstić information content (AvgIpc) is 3.64. The molecule has 2 N–H and O–H groups in total. The highest BCUT2D eigenvalue weighted by molar-refractivity contribution is 6.02. The molecule has 6 rings (SSSR count). The number of methoxy groups -OCH3 is 1. The van der Waals surface area contributed by atoms with Crippen molar-refractivity contribution in [2.45, 2.75) is 0 Å². The number of aryl methyl sites for hydroxylation is 1. The molecule has 0 bridgehead atoms. The minimum absolute atomic E-state index is 0.296. The maximum Gasteiger partial charge on any atom is 0.247 e. The molecule has 2 unspecified atom stereocenters. The van der Waals surface area contributed by atoms with Crippen LogP contribution in [0.15, 0.2) is 61.4 Å². The molecule has 4 heterocycles. The highest BCUT2D eigenvalue weighted by atomic mass is 16.5. The van der Waals surface area contributed by atoms with Crippen LogP contribution in [0, 0.1) is 11.8 Å². The molecule has 0 aliphatic carbocycles. The van der Waals surface area contributed by atoms with Crippen molar-refractivity contribution in [3.63, 3.8) is 0 Å². The monoisotopic (exact) mass is 551 g/mol. The van der Waals surface area contributed by atoms with E-state index in [2.05, 4.69) is 39.0 Å². The van der Waals surface area contributed by atoms with Gasteiger partial charge in [-0.05, 0) is 37.1 Å². The quantitative estimate of drug-likeness (QED) is 0.247. The van der Waals surface area contributed by atoms with Gasteiger partial charge in [-0.3, -0.25) is 9.59 Å². The molecular formula is C31H33N7O3. The average molecular weight is 552 g/mol. The molecule has 2 aliphatic heterocycles. The minimum atomic E-state index is -0.300.